The SMILES string of the molecule is CC(CN1CCCC1)Nc1ccc(Cl)nn1. The highest BCUT2D eigenvalue weighted by Gasteiger charge is 2.14. The van der Waals surface area contributed by atoms with Gasteiger partial charge in [0.05, 0.1) is 0 Å². The van der Waals surface area contributed by atoms with Gasteiger partial charge in [0.15, 0.2) is 5.15 Å². The zero-order valence-electron chi connectivity index (χ0n) is 9.49. The van der Waals surface area contributed by atoms with Gasteiger partial charge in [-0.3, -0.25) is 0 Å². The van der Waals surface area contributed by atoms with E-state index < -0.39 is 0 Å². The fourth-order valence-corrected chi connectivity index (χ4v) is 2.14. The number of anilines is 1. The number of hydrogen-bond donors (Lipinski definition) is 1. The Morgan fingerprint density at radius 2 is 2.12 bits per heavy atom. The predicted molar refractivity (Wildman–Crippen MR) is 65.8 cm³/mol. The summed E-state index contributed by atoms with van der Waals surface area (Å²) in [4.78, 5) is 2.47. The van der Waals surface area contributed by atoms with Gasteiger partial charge >= 0.3 is 0 Å². The van der Waals surface area contributed by atoms with Gasteiger partial charge in [0, 0.05) is 12.6 Å². The Balaban J connectivity index is 1.81. The van der Waals surface area contributed by atoms with Crippen molar-refractivity contribution in [3.05, 3.63) is 17.3 Å². The minimum Gasteiger partial charge on any atom is -0.365 e. The highest BCUT2D eigenvalue weighted by molar-refractivity contribution is 6.29. The first kappa shape index (κ1) is 11.6. The zero-order chi connectivity index (χ0) is 11.4. The molecule has 1 atom stereocenters. The smallest absolute Gasteiger partial charge is 0.151 e. The van der Waals surface area contributed by atoms with Gasteiger partial charge in [0.25, 0.3) is 0 Å². The first-order valence-electron chi connectivity index (χ1n) is 5.72. The molecule has 1 aliphatic heterocycles. The van der Waals surface area contributed by atoms with E-state index in [-0.39, 0.29) is 0 Å². The van der Waals surface area contributed by atoms with E-state index in [4.69, 9.17) is 11.6 Å². The normalized spacial score (nSPS) is 18.6. The van der Waals surface area contributed by atoms with Gasteiger partial charge in [-0.2, -0.15) is 0 Å². The van der Waals surface area contributed by atoms with Crippen molar-refractivity contribution < 1.29 is 0 Å². The number of hydrogen-bond acceptors (Lipinski definition) is 4. The van der Waals surface area contributed by atoms with Crippen LogP contribution in [0, 0.1) is 0 Å². The van der Waals surface area contributed by atoms with E-state index in [2.05, 4.69) is 27.3 Å². The van der Waals surface area contributed by atoms with Gasteiger partial charge in [-0.05, 0) is 45.0 Å². The summed E-state index contributed by atoms with van der Waals surface area (Å²) in [5.74, 6) is 0.788. The van der Waals surface area contributed by atoms with Crippen LogP contribution in [0.15, 0.2) is 12.1 Å². The van der Waals surface area contributed by atoms with Crippen LogP contribution in [0.2, 0.25) is 5.15 Å². The molecule has 5 heteroatoms. The number of nitrogens with zero attached hydrogens (tertiary/aromatic N) is 3. The lowest BCUT2D eigenvalue weighted by Gasteiger charge is -2.21. The molecule has 1 aromatic rings. The van der Waals surface area contributed by atoms with Crippen LogP contribution in [0.25, 0.3) is 0 Å². The maximum atomic E-state index is 5.68. The Labute approximate surface area is 101 Å². The Bertz CT molecular complexity index is 321. The van der Waals surface area contributed by atoms with E-state index in [1.165, 1.54) is 25.9 Å². The Kier molecular flexibility index (Phi) is 3.96. The third kappa shape index (κ3) is 3.32. The molecule has 0 amide bonds. The first-order chi connectivity index (χ1) is 7.74. The zero-order valence-corrected chi connectivity index (χ0v) is 10.2. The van der Waals surface area contributed by atoms with Crippen molar-refractivity contribution in [1.82, 2.24) is 15.1 Å². The maximum absolute atomic E-state index is 5.68. The average molecular weight is 241 g/mol. The van der Waals surface area contributed by atoms with E-state index in [0.29, 0.717) is 11.2 Å². The molecular weight excluding hydrogens is 224 g/mol. The maximum Gasteiger partial charge on any atom is 0.151 e. The molecule has 1 fully saturated rings. The summed E-state index contributed by atoms with van der Waals surface area (Å²) < 4.78 is 0. The molecule has 1 N–H and O–H groups in total. The molecule has 0 radical (unpaired) electrons. The van der Waals surface area contributed by atoms with E-state index >= 15 is 0 Å². The lowest BCUT2D eigenvalue weighted by molar-refractivity contribution is 0.327. The van der Waals surface area contributed by atoms with E-state index in [1.807, 2.05) is 6.07 Å². The van der Waals surface area contributed by atoms with Gasteiger partial charge in [-0.25, -0.2) is 0 Å². The summed E-state index contributed by atoms with van der Waals surface area (Å²) in [6.07, 6.45) is 2.65. The quantitative estimate of drug-likeness (QED) is 0.875. The van der Waals surface area contributed by atoms with Crippen LogP contribution in [-0.2, 0) is 0 Å². The Morgan fingerprint density at radius 1 is 1.38 bits per heavy atom. The summed E-state index contributed by atoms with van der Waals surface area (Å²) in [5.41, 5.74) is 0. The molecule has 1 aliphatic rings. The molecule has 2 rings (SSSR count). The van der Waals surface area contributed by atoms with Crippen LogP contribution in [0.5, 0.6) is 0 Å². The van der Waals surface area contributed by atoms with Crippen molar-refractivity contribution in [2.24, 2.45) is 0 Å². The van der Waals surface area contributed by atoms with Gasteiger partial charge in [-0.15, -0.1) is 10.2 Å². The second kappa shape index (κ2) is 5.46. The third-order valence-electron chi connectivity index (χ3n) is 2.76. The minimum absolute atomic E-state index is 0.383. The van der Waals surface area contributed by atoms with Crippen molar-refractivity contribution in [3.8, 4) is 0 Å². The van der Waals surface area contributed by atoms with E-state index in [9.17, 15) is 0 Å². The monoisotopic (exact) mass is 240 g/mol. The number of rotatable bonds is 4. The standard InChI is InChI=1S/C11H17ClN4/c1-9(8-16-6-2-3-7-16)13-11-5-4-10(12)14-15-11/h4-5,9H,2-3,6-8H2,1H3,(H,13,15). The lowest BCUT2D eigenvalue weighted by atomic mass is 10.3. The lowest BCUT2D eigenvalue weighted by Crippen LogP contribution is -2.33. The molecule has 4 nitrogen and oxygen atoms in total. The van der Waals surface area contributed by atoms with Crippen LogP contribution >= 0.6 is 11.6 Å². The topological polar surface area (TPSA) is 41.0 Å². The number of aromatic nitrogens is 2. The van der Waals surface area contributed by atoms with Crippen molar-refractivity contribution in [2.45, 2.75) is 25.8 Å². The molecule has 88 valence electrons. The van der Waals surface area contributed by atoms with E-state index in [1.54, 1.807) is 6.07 Å². The average Bonchev–Trinajstić information content (AvgIpc) is 2.74. The molecule has 0 bridgehead atoms. The Hall–Kier alpha value is -0.870. The molecule has 1 saturated heterocycles. The van der Waals surface area contributed by atoms with Crippen LogP contribution in [0.3, 0.4) is 0 Å². The van der Waals surface area contributed by atoms with Crippen LogP contribution in [0.1, 0.15) is 19.8 Å². The van der Waals surface area contributed by atoms with Gasteiger partial charge in [-0.1, -0.05) is 11.6 Å². The summed E-state index contributed by atoms with van der Waals surface area (Å²) in [5, 5.41) is 11.5. The number of nitrogens with one attached hydrogen (secondary N) is 1. The predicted octanol–water partition coefficient (Wildman–Crippen LogP) is 2.03. The summed E-state index contributed by atoms with van der Waals surface area (Å²) >= 11 is 5.68. The van der Waals surface area contributed by atoms with Crippen molar-refractivity contribution in [2.75, 3.05) is 25.0 Å². The highest BCUT2D eigenvalue weighted by Crippen LogP contribution is 2.11. The first-order valence-corrected chi connectivity index (χ1v) is 6.10. The van der Waals surface area contributed by atoms with Crippen molar-refractivity contribution in [1.29, 1.82) is 0 Å². The fourth-order valence-electron chi connectivity index (χ4n) is 2.04. The summed E-state index contributed by atoms with van der Waals surface area (Å²) in [7, 11) is 0. The largest absolute Gasteiger partial charge is 0.365 e. The molecule has 0 aromatic carbocycles. The van der Waals surface area contributed by atoms with Gasteiger partial charge < -0.3 is 10.2 Å². The molecule has 1 unspecified atom stereocenters. The molecule has 16 heavy (non-hydrogen) atoms. The summed E-state index contributed by atoms with van der Waals surface area (Å²) in [6, 6.07) is 3.99. The van der Waals surface area contributed by atoms with Crippen molar-refractivity contribution >= 4 is 17.4 Å². The number of likely N-dealkylation sites (tertiary alicyclic amines) is 1. The minimum atomic E-state index is 0.383. The van der Waals surface area contributed by atoms with Crippen molar-refractivity contribution in [3.63, 3.8) is 0 Å². The highest BCUT2D eigenvalue weighted by atomic mass is 35.5. The van der Waals surface area contributed by atoms with Gasteiger partial charge in [0.1, 0.15) is 5.82 Å². The Morgan fingerprint density at radius 3 is 2.75 bits per heavy atom. The second-order valence-electron chi connectivity index (χ2n) is 4.29. The molecule has 1 aromatic heterocycles. The molecule has 0 aliphatic carbocycles. The summed E-state index contributed by atoms with van der Waals surface area (Å²) in [6.45, 7) is 5.66. The van der Waals surface area contributed by atoms with Crippen LogP contribution < -0.4 is 5.32 Å². The second-order valence-corrected chi connectivity index (χ2v) is 4.68. The van der Waals surface area contributed by atoms with Gasteiger partial charge in [0.2, 0.25) is 0 Å². The molecule has 0 spiro atoms. The molecular formula is C11H17ClN4. The third-order valence-corrected chi connectivity index (χ3v) is 2.96. The van der Waals surface area contributed by atoms with Crippen LogP contribution in [-0.4, -0.2) is 40.8 Å². The number of halogens is 1. The fraction of sp³-hybridized carbons (Fsp3) is 0.636. The molecule has 0 saturated carbocycles. The van der Waals surface area contributed by atoms with Crippen LogP contribution in [0.4, 0.5) is 5.82 Å². The molecule has 2 heterocycles. The van der Waals surface area contributed by atoms with E-state index in [0.717, 1.165) is 12.4 Å².